The Morgan fingerprint density at radius 3 is 3.00 bits per heavy atom. The summed E-state index contributed by atoms with van der Waals surface area (Å²) in [5.74, 6) is 3.63. The van der Waals surface area contributed by atoms with Crippen LogP contribution in [-0.4, -0.2) is 52.9 Å². The van der Waals surface area contributed by atoms with E-state index in [2.05, 4.69) is 6.92 Å². The summed E-state index contributed by atoms with van der Waals surface area (Å²) < 4.78 is 10.6. The summed E-state index contributed by atoms with van der Waals surface area (Å²) in [6.45, 7) is 5.08. The molecule has 1 aliphatic heterocycles. The number of carbonyl (C=O) groups is 1. The van der Waals surface area contributed by atoms with E-state index in [0.717, 1.165) is 23.0 Å². The molecule has 24 heavy (non-hydrogen) atoms. The molecule has 5 nitrogen and oxygen atoms in total. The normalized spacial score (nSPS) is 19.2. The van der Waals surface area contributed by atoms with E-state index in [1.165, 1.54) is 12.8 Å². The maximum atomic E-state index is 11.8. The Bertz CT molecular complexity index is 543. The number of aliphatic hydroxyl groups excluding tert-OH is 1. The van der Waals surface area contributed by atoms with E-state index in [0.29, 0.717) is 19.6 Å². The molecule has 2 rings (SSSR count). The van der Waals surface area contributed by atoms with Crippen molar-refractivity contribution in [2.45, 2.75) is 45.3 Å². The minimum Gasteiger partial charge on any atom is -0.466 e. The van der Waals surface area contributed by atoms with E-state index in [1.807, 2.05) is 36.9 Å². The van der Waals surface area contributed by atoms with Crippen molar-refractivity contribution < 1.29 is 19.1 Å². The van der Waals surface area contributed by atoms with Crippen molar-refractivity contribution in [3.8, 4) is 0 Å². The van der Waals surface area contributed by atoms with E-state index in [4.69, 9.17) is 9.15 Å². The van der Waals surface area contributed by atoms with Gasteiger partial charge in [0.05, 0.1) is 12.1 Å². The zero-order valence-corrected chi connectivity index (χ0v) is 15.3. The Balaban J connectivity index is 1.79. The molecule has 0 spiro atoms. The summed E-state index contributed by atoms with van der Waals surface area (Å²) in [6, 6.07) is 3.65. The van der Waals surface area contributed by atoms with Crippen LogP contribution in [0, 0.1) is 6.92 Å². The number of cyclic esters (lactones) is 1. The molecular weight excluding hydrogens is 326 g/mol. The lowest BCUT2D eigenvalue weighted by atomic mass is 10.1. The summed E-state index contributed by atoms with van der Waals surface area (Å²) in [4.78, 5) is 13.6. The number of amides is 1. The highest BCUT2D eigenvalue weighted by Crippen LogP contribution is 2.16. The van der Waals surface area contributed by atoms with Gasteiger partial charge in [-0.1, -0.05) is 25.5 Å². The smallest absolute Gasteiger partial charge is 0.410 e. The minimum atomic E-state index is -0.632. The van der Waals surface area contributed by atoms with Gasteiger partial charge in [-0.2, -0.15) is 11.8 Å². The van der Waals surface area contributed by atoms with E-state index in [9.17, 15) is 9.90 Å². The molecule has 0 aliphatic carbocycles. The Kier molecular flexibility index (Phi) is 7.72. The van der Waals surface area contributed by atoms with E-state index in [-0.39, 0.29) is 12.1 Å². The number of thioether (sulfide) groups is 1. The number of furan rings is 1. The number of nitrogens with zero attached hydrogens (tertiary/aromatic N) is 1. The fraction of sp³-hybridized carbons (Fsp3) is 0.611. The summed E-state index contributed by atoms with van der Waals surface area (Å²) in [5, 5.41) is 10.1. The van der Waals surface area contributed by atoms with Crippen LogP contribution in [0.1, 0.15) is 31.3 Å². The average Bonchev–Trinajstić information content (AvgIpc) is 3.11. The van der Waals surface area contributed by atoms with Gasteiger partial charge in [-0.15, -0.1) is 0 Å². The van der Waals surface area contributed by atoms with Gasteiger partial charge in [0, 0.05) is 18.7 Å². The largest absolute Gasteiger partial charge is 0.466 e. The standard InChI is InChI=1S/C18H27NO4S/c1-3-4-10-24-11-9-19-15(13-22-18(19)21)6-7-16(20)12-17-8-5-14(2)23-17/h5-8,15-16,20H,3-4,9-13H2,1-2H3/b7-6+/t15-,16+/m0/s1. The van der Waals surface area contributed by atoms with Crippen LogP contribution in [0.25, 0.3) is 0 Å². The van der Waals surface area contributed by atoms with Crippen LogP contribution in [-0.2, 0) is 11.2 Å². The molecule has 1 saturated heterocycles. The predicted octanol–water partition coefficient (Wildman–Crippen LogP) is 3.40. The first kappa shape index (κ1) is 18.9. The molecule has 0 aromatic carbocycles. The zero-order chi connectivity index (χ0) is 17.4. The first-order valence-electron chi connectivity index (χ1n) is 8.53. The van der Waals surface area contributed by atoms with E-state index >= 15 is 0 Å². The number of carbonyl (C=O) groups excluding carboxylic acids is 1. The third-order valence-electron chi connectivity index (χ3n) is 3.89. The van der Waals surface area contributed by atoms with Crippen LogP contribution in [0.5, 0.6) is 0 Å². The number of ether oxygens (including phenoxy) is 1. The minimum absolute atomic E-state index is 0.0998. The first-order chi connectivity index (χ1) is 11.6. The number of rotatable bonds is 10. The molecule has 1 fully saturated rings. The SMILES string of the molecule is CCCCSCCN1C(=O)OC[C@@H]1/C=C/[C@@H](O)Cc1ccc(C)o1. The summed E-state index contributed by atoms with van der Waals surface area (Å²) in [5.41, 5.74) is 0. The van der Waals surface area contributed by atoms with Crippen molar-refractivity contribution in [2.75, 3.05) is 24.7 Å². The van der Waals surface area contributed by atoms with Crippen molar-refractivity contribution in [3.63, 3.8) is 0 Å². The average molecular weight is 353 g/mol. The van der Waals surface area contributed by atoms with Crippen molar-refractivity contribution >= 4 is 17.9 Å². The quantitative estimate of drug-likeness (QED) is 0.516. The summed E-state index contributed by atoms with van der Waals surface area (Å²) >= 11 is 1.86. The summed E-state index contributed by atoms with van der Waals surface area (Å²) in [6.07, 6.45) is 5.51. The van der Waals surface area contributed by atoms with Crippen molar-refractivity contribution in [3.05, 3.63) is 35.8 Å². The van der Waals surface area contributed by atoms with Crippen molar-refractivity contribution in [1.29, 1.82) is 0 Å². The highest BCUT2D eigenvalue weighted by Gasteiger charge is 2.30. The van der Waals surface area contributed by atoms with Crippen molar-refractivity contribution in [1.82, 2.24) is 4.90 Å². The Morgan fingerprint density at radius 2 is 2.29 bits per heavy atom. The zero-order valence-electron chi connectivity index (χ0n) is 14.4. The molecule has 1 N–H and O–H groups in total. The van der Waals surface area contributed by atoms with Crippen LogP contribution in [0.3, 0.4) is 0 Å². The van der Waals surface area contributed by atoms with Gasteiger partial charge in [-0.05, 0) is 31.2 Å². The highest BCUT2D eigenvalue weighted by atomic mass is 32.2. The van der Waals surface area contributed by atoms with E-state index < -0.39 is 6.10 Å². The topological polar surface area (TPSA) is 62.9 Å². The lowest BCUT2D eigenvalue weighted by molar-refractivity contribution is 0.159. The Hall–Kier alpha value is -1.40. The van der Waals surface area contributed by atoms with Gasteiger partial charge in [0.25, 0.3) is 0 Å². The fourth-order valence-electron chi connectivity index (χ4n) is 2.52. The highest BCUT2D eigenvalue weighted by molar-refractivity contribution is 7.99. The van der Waals surface area contributed by atoms with Crippen molar-refractivity contribution in [2.24, 2.45) is 0 Å². The molecule has 1 amide bonds. The molecule has 0 unspecified atom stereocenters. The molecule has 1 aromatic rings. The van der Waals surface area contributed by atoms with Gasteiger partial charge in [-0.25, -0.2) is 4.79 Å². The monoisotopic (exact) mass is 353 g/mol. The molecule has 0 radical (unpaired) electrons. The molecule has 2 heterocycles. The number of aryl methyl sites for hydroxylation is 1. The number of unbranched alkanes of at least 4 members (excludes halogenated alkanes) is 1. The maximum Gasteiger partial charge on any atom is 0.410 e. The molecule has 0 bridgehead atoms. The third kappa shape index (κ3) is 5.91. The number of hydrogen-bond acceptors (Lipinski definition) is 5. The Morgan fingerprint density at radius 1 is 1.46 bits per heavy atom. The summed E-state index contributed by atoms with van der Waals surface area (Å²) in [7, 11) is 0. The van der Waals surface area contributed by atoms with Crippen LogP contribution in [0.2, 0.25) is 0 Å². The molecule has 1 aromatic heterocycles. The van der Waals surface area contributed by atoms with Crippen LogP contribution < -0.4 is 0 Å². The van der Waals surface area contributed by atoms with Gasteiger partial charge in [0.2, 0.25) is 0 Å². The van der Waals surface area contributed by atoms with Gasteiger partial charge >= 0.3 is 6.09 Å². The Labute approximate surface area is 148 Å². The lowest BCUT2D eigenvalue weighted by Gasteiger charge is -2.18. The second-order valence-corrected chi connectivity index (χ2v) is 7.20. The van der Waals surface area contributed by atoms with Gasteiger partial charge < -0.3 is 14.3 Å². The molecule has 1 aliphatic rings. The predicted molar refractivity (Wildman–Crippen MR) is 96.4 cm³/mol. The lowest BCUT2D eigenvalue weighted by Crippen LogP contribution is -2.34. The van der Waals surface area contributed by atoms with Gasteiger partial charge in [0.15, 0.2) is 0 Å². The number of hydrogen-bond donors (Lipinski definition) is 1. The third-order valence-corrected chi connectivity index (χ3v) is 4.94. The van der Waals surface area contributed by atoms with Crippen LogP contribution in [0.15, 0.2) is 28.7 Å². The fourth-order valence-corrected chi connectivity index (χ4v) is 3.54. The van der Waals surface area contributed by atoms with Gasteiger partial charge in [0.1, 0.15) is 18.1 Å². The molecule has 0 saturated carbocycles. The van der Waals surface area contributed by atoms with Crippen LogP contribution >= 0.6 is 11.8 Å². The first-order valence-corrected chi connectivity index (χ1v) is 9.68. The molecule has 134 valence electrons. The molecular formula is C18H27NO4S. The molecule has 2 atom stereocenters. The number of aliphatic hydroxyl groups is 1. The molecule has 6 heteroatoms. The van der Waals surface area contributed by atoms with E-state index in [1.54, 1.807) is 11.0 Å². The second kappa shape index (κ2) is 9.79. The van der Waals surface area contributed by atoms with Crippen LogP contribution in [0.4, 0.5) is 4.79 Å². The maximum absolute atomic E-state index is 11.8. The van der Waals surface area contributed by atoms with Gasteiger partial charge in [-0.3, -0.25) is 4.90 Å². The second-order valence-electron chi connectivity index (χ2n) is 5.97.